The summed E-state index contributed by atoms with van der Waals surface area (Å²) in [6, 6.07) is 10.2. The van der Waals surface area contributed by atoms with Crippen LogP contribution in [-0.2, 0) is 11.3 Å². The van der Waals surface area contributed by atoms with Crippen LogP contribution in [0.4, 0.5) is 0 Å². The topological polar surface area (TPSA) is 47.4 Å². The van der Waals surface area contributed by atoms with E-state index in [2.05, 4.69) is 17.2 Å². The monoisotopic (exact) mass is 339 g/mol. The molecule has 2 fully saturated rings. The van der Waals surface area contributed by atoms with Crippen molar-refractivity contribution < 1.29 is 9.53 Å². The molecule has 132 valence electrons. The molecular formula is C20H25N3O2. The molecule has 2 atom stereocenters. The van der Waals surface area contributed by atoms with Gasteiger partial charge in [-0.05, 0) is 38.2 Å². The minimum atomic E-state index is -0.0500. The molecule has 5 nitrogen and oxygen atoms in total. The Morgan fingerprint density at radius 2 is 2.00 bits per heavy atom. The lowest BCUT2D eigenvalue weighted by atomic mass is 10.0. The summed E-state index contributed by atoms with van der Waals surface area (Å²) in [5.74, 6) is 0.674. The average molecular weight is 339 g/mol. The molecule has 0 radical (unpaired) electrons. The minimum absolute atomic E-state index is 0.0500. The Labute approximate surface area is 148 Å². The molecule has 1 aliphatic carbocycles. The molecule has 25 heavy (non-hydrogen) atoms. The minimum Gasteiger partial charge on any atom is -0.366 e. The molecule has 1 aromatic carbocycles. The van der Waals surface area contributed by atoms with Crippen LogP contribution in [0.25, 0.3) is 0 Å². The highest BCUT2D eigenvalue weighted by atomic mass is 16.5. The molecule has 1 aromatic heterocycles. The molecule has 4 rings (SSSR count). The van der Waals surface area contributed by atoms with Crippen LogP contribution in [0.3, 0.4) is 0 Å². The summed E-state index contributed by atoms with van der Waals surface area (Å²) in [7, 11) is 0. The lowest BCUT2D eigenvalue weighted by Gasteiger charge is -2.38. The number of aromatic nitrogens is 2. The summed E-state index contributed by atoms with van der Waals surface area (Å²) in [6.07, 6.45) is 4.22. The van der Waals surface area contributed by atoms with E-state index in [0.29, 0.717) is 24.6 Å². The molecule has 0 unspecified atom stereocenters. The lowest BCUT2D eigenvalue weighted by Crippen LogP contribution is -2.47. The van der Waals surface area contributed by atoms with Crippen LogP contribution >= 0.6 is 0 Å². The van der Waals surface area contributed by atoms with E-state index in [4.69, 9.17) is 4.74 Å². The van der Waals surface area contributed by atoms with Gasteiger partial charge in [0, 0.05) is 18.8 Å². The van der Waals surface area contributed by atoms with Crippen molar-refractivity contribution in [1.82, 2.24) is 14.7 Å². The van der Waals surface area contributed by atoms with Gasteiger partial charge in [-0.25, -0.2) is 0 Å². The second kappa shape index (κ2) is 6.64. The number of ether oxygens (including phenoxy) is 1. The van der Waals surface area contributed by atoms with Crippen LogP contribution in [0, 0.1) is 12.8 Å². The average Bonchev–Trinajstić information content (AvgIpc) is 3.44. The van der Waals surface area contributed by atoms with Gasteiger partial charge in [0.05, 0.1) is 24.4 Å². The summed E-state index contributed by atoms with van der Waals surface area (Å²) >= 11 is 0. The molecule has 1 aliphatic heterocycles. The van der Waals surface area contributed by atoms with Gasteiger partial charge in [-0.1, -0.05) is 30.3 Å². The summed E-state index contributed by atoms with van der Waals surface area (Å²) < 4.78 is 8.23. The van der Waals surface area contributed by atoms with Crippen LogP contribution in [0.1, 0.15) is 47.5 Å². The zero-order valence-corrected chi connectivity index (χ0v) is 14.9. The summed E-state index contributed by atoms with van der Waals surface area (Å²) in [5, 5.41) is 4.33. The van der Waals surface area contributed by atoms with Crippen molar-refractivity contribution in [3.63, 3.8) is 0 Å². The third-order valence-electron chi connectivity index (χ3n) is 5.37. The van der Waals surface area contributed by atoms with Crippen molar-refractivity contribution >= 4 is 5.91 Å². The Bertz CT molecular complexity index is 752. The van der Waals surface area contributed by atoms with Gasteiger partial charge in [0.2, 0.25) is 0 Å². The van der Waals surface area contributed by atoms with Gasteiger partial charge in [-0.3, -0.25) is 9.48 Å². The maximum Gasteiger partial charge on any atom is 0.257 e. The number of hydrogen-bond acceptors (Lipinski definition) is 3. The summed E-state index contributed by atoms with van der Waals surface area (Å²) in [6.45, 7) is 6.07. The van der Waals surface area contributed by atoms with Gasteiger partial charge in [-0.15, -0.1) is 0 Å². The molecule has 2 heterocycles. The highest BCUT2D eigenvalue weighted by Crippen LogP contribution is 2.39. The number of carbonyl (C=O) groups is 1. The third kappa shape index (κ3) is 3.21. The van der Waals surface area contributed by atoms with Crippen LogP contribution in [0.5, 0.6) is 0 Å². The molecule has 0 spiro atoms. The smallest absolute Gasteiger partial charge is 0.257 e. The first-order valence-electron chi connectivity index (χ1n) is 9.19. The fourth-order valence-electron chi connectivity index (χ4n) is 3.68. The number of aryl methyl sites for hydroxylation is 1. The standard InChI is InChI=1S/C20H25N3O2/c1-3-23-14(2)17(11-21-23)20(24)22-12-18(15-7-5-4-6-8-15)25-19(13-22)16-9-10-16/h4-8,11,16,18-19H,3,9-10,12-13H2,1-2H3/t18-,19+/m0/s1. The van der Waals surface area contributed by atoms with E-state index in [1.165, 1.54) is 12.8 Å². The fourth-order valence-corrected chi connectivity index (χ4v) is 3.68. The van der Waals surface area contributed by atoms with Gasteiger partial charge >= 0.3 is 0 Å². The lowest BCUT2D eigenvalue weighted by molar-refractivity contribution is -0.0864. The first-order valence-corrected chi connectivity index (χ1v) is 9.19. The summed E-state index contributed by atoms with van der Waals surface area (Å²) in [4.78, 5) is 15.1. The van der Waals surface area contributed by atoms with E-state index in [1.54, 1.807) is 6.20 Å². The van der Waals surface area contributed by atoms with Crippen molar-refractivity contribution in [2.75, 3.05) is 13.1 Å². The largest absolute Gasteiger partial charge is 0.366 e. The molecule has 1 saturated heterocycles. The Morgan fingerprint density at radius 3 is 2.64 bits per heavy atom. The molecule has 2 aliphatic rings. The van der Waals surface area contributed by atoms with Crippen LogP contribution in [-0.4, -0.2) is 39.8 Å². The van der Waals surface area contributed by atoms with Crippen molar-refractivity contribution in [2.45, 2.75) is 45.4 Å². The van der Waals surface area contributed by atoms with E-state index in [-0.39, 0.29) is 18.1 Å². The number of hydrogen-bond donors (Lipinski definition) is 0. The zero-order chi connectivity index (χ0) is 17.4. The number of amides is 1. The van der Waals surface area contributed by atoms with Crippen LogP contribution in [0.2, 0.25) is 0 Å². The van der Waals surface area contributed by atoms with Gasteiger partial charge in [0.25, 0.3) is 5.91 Å². The number of benzene rings is 1. The van der Waals surface area contributed by atoms with E-state index < -0.39 is 0 Å². The maximum absolute atomic E-state index is 13.1. The first kappa shape index (κ1) is 16.3. The van der Waals surface area contributed by atoms with E-state index in [0.717, 1.165) is 17.8 Å². The molecular weight excluding hydrogens is 314 g/mol. The molecule has 0 bridgehead atoms. The van der Waals surface area contributed by atoms with Crippen molar-refractivity contribution in [3.05, 3.63) is 53.3 Å². The molecule has 0 N–H and O–H groups in total. The van der Waals surface area contributed by atoms with Gasteiger partial charge < -0.3 is 9.64 Å². The molecule has 1 saturated carbocycles. The van der Waals surface area contributed by atoms with E-state index >= 15 is 0 Å². The van der Waals surface area contributed by atoms with Crippen LogP contribution < -0.4 is 0 Å². The van der Waals surface area contributed by atoms with Crippen molar-refractivity contribution in [2.24, 2.45) is 5.92 Å². The van der Waals surface area contributed by atoms with Crippen molar-refractivity contribution in [3.8, 4) is 0 Å². The highest BCUT2D eigenvalue weighted by Gasteiger charge is 2.40. The molecule has 2 aromatic rings. The van der Waals surface area contributed by atoms with Gasteiger partial charge in [-0.2, -0.15) is 5.10 Å². The predicted molar refractivity (Wildman–Crippen MR) is 95.3 cm³/mol. The fraction of sp³-hybridized carbons (Fsp3) is 0.500. The van der Waals surface area contributed by atoms with E-state index in [1.807, 2.05) is 41.6 Å². The SMILES string of the molecule is CCn1ncc(C(=O)N2C[C@@H](c3ccccc3)O[C@@H](C3CC3)C2)c1C. The number of rotatable bonds is 4. The third-order valence-corrected chi connectivity index (χ3v) is 5.37. The first-order chi connectivity index (χ1) is 12.2. The van der Waals surface area contributed by atoms with Gasteiger partial charge in [0.15, 0.2) is 0 Å². The van der Waals surface area contributed by atoms with Crippen LogP contribution in [0.15, 0.2) is 36.5 Å². The Balaban J connectivity index is 1.59. The maximum atomic E-state index is 13.1. The van der Waals surface area contributed by atoms with E-state index in [9.17, 15) is 4.79 Å². The molecule has 1 amide bonds. The highest BCUT2D eigenvalue weighted by molar-refractivity contribution is 5.95. The summed E-state index contributed by atoms with van der Waals surface area (Å²) in [5.41, 5.74) is 2.80. The second-order valence-corrected chi connectivity index (χ2v) is 7.08. The number of nitrogens with zero attached hydrogens (tertiary/aromatic N) is 3. The number of morpholine rings is 1. The number of carbonyl (C=O) groups excluding carboxylic acids is 1. The normalized spacial score (nSPS) is 23.7. The Hall–Kier alpha value is -2.14. The molecule has 5 heteroatoms. The second-order valence-electron chi connectivity index (χ2n) is 7.08. The van der Waals surface area contributed by atoms with Crippen molar-refractivity contribution in [1.29, 1.82) is 0 Å². The van der Waals surface area contributed by atoms with Gasteiger partial charge in [0.1, 0.15) is 6.10 Å². The zero-order valence-electron chi connectivity index (χ0n) is 14.9. The predicted octanol–water partition coefficient (Wildman–Crippen LogP) is 3.20. The Morgan fingerprint density at radius 1 is 1.24 bits per heavy atom. The quantitative estimate of drug-likeness (QED) is 0.859. The Kier molecular flexibility index (Phi) is 4.34.